The van der Waals surface area contributed by atoms with E-state index >= 15 is 0 Å². The number of hydrogen-bond donors (Lipinski definition) is 3. The molecule has 1 saturated heterocycles. The van der Waals surface area contributed by atoms with Gasteiger partial charge in [0.25, 0.3) is 0 Å². The Morgan fingerprint density at radius 2 is 1.78 bits per heavy atom. The van der Waals surface area contributed by atoms with Crippen molar-refractivity contribution in [3.8, 4) is 0 Å². The van der Waals surface area contributed by atoms with Crippen LogP contribution in [0.25, 0.3) is 0 Å². The summed E-state index contributed by atoms with van der Waals surface area (Å²) in [5.41, 5.74) is 0.928. The molecule has 2 unspecified atom stereocenters. The van der Waals surface area contributed by atoms with Gasteiger partial charge in [-0.2, -0.15) is 0 Å². The van der Waals surface area contributed by atoms with Gasteiger partial charge in [0.2, 0.25) is 5.91 Å². The van der Waals surface area contributed by atoms with Gasteiger partial charge in [-0.1, -0.05) is 41.4 Å². The highest BCUT2D eigenvalue weighted by atomic mass is 35.5. The summed E-state index contributed by atoms with van der Waals surface area (Å²) in [6, 6.07) is 6.28. The first-order valence-corrected chi connectivity index (χ1v) is 11.3. The predicted octanol–water partition coefficient (Wildman–Crippen LogP) is 3.94. The molecule has 0 radical (unpaired) electrons. The second kappa shape index (κ2) is 13.3. The second-order valence-corrected chi connectivity index (χ2v) is 8.53. The van der Waals surface area contributed by atoms with E-state index in [-0.39, 0.29) is 5.91 Å². The van der Waals surface area contributed by atoms with E-state index in [1.54, 1.807) is 12.1 Å². The topological polar surface area (TPSA) is 107 Å². The molecule has 174 valence electrons. The number of benzene rings is 1. The fourth-order valence-corrected chi connectivity index (χ4v) is 4.13. The zero-order chi connectivity index (χ0) is 23.5. The van der Waals surface area contributed by atoms with E-state index in [4.69, 9.17) is 33.4 Å². The minimum absolute atomic E-state index is 0.199. The highest BCUT2D eigenvalue weighted by molar-refractivity contribution is 6.42. The Hall–Kier alpha value is -2.35. The molecule has 0 spiro atoms. The van der Waals surface area contributed by atoms with Crippen molar-refractivity contribution in [3.05, 3.63) is 58.1 Å². The van der Waals surface area contributed by atoms with Gasteiger partial charge in [0.05, 0.1) is 16.5 Å². The summed E-state index contributed by atoms with van der Waals surface area (Å²) in [6.45, 7) is 1.81. The fourth-order valence-electron chi connectivity index (χ4n) is 3.81. The van der Waals surface area contributed by atoms with Crippen LogP contribution in [0.4, 0.5) is 0 Å². The maximum absolute atomic E-state index is 12.8. The minimum Gasteiger partial charge on any atom is -0.478 e. The average molecular weight is 483 g/mol. The summed E-state index contributed by atoms with van der Waals surface area (Å²) < 4.78 is 0. The smallest absolute Gasteiger partial charge is 0.328 e. The standard InChI is InChI=1S/C19H24Cl2N2O.C4H4O4/c20-17-8-7-14(11-18(17)21)12-19(24)23-10-4-2-6-16(23)13-15-5-1-3-9-22-15;5-3(6)1-2-4(7)8/h1,3,7-8,11,15-16,22H,2,4-6,9-10,12-13H2;1-2H,(H,5,6)(H,7,8)/b;2-1+. The lowest BCUT2D eigenvalue weighted by Gasteiger charge is -2.38. The van der Waals surface area contributed by atoms with Crippen molar-refractivity contribution in [2.75, 3.05) is 13.1 Å². The van der Waals surface area contributed by atoms with Gasteiger partial charge in [0.1, 0.15) is 0 Å². The Kier molecular flexibility index (Phi) is 10.7. The Balaban J connectivity index is 0.000000390. The van der Waals surface area contributed by atoms with Gasteiger partial charge in [0.15, 0.2) is 0 Å². The van der Waals surface area contributed by atoms with Gasteiger partial charge in [-0.05, 0) is 49.8 Å². The van der Waals surface area contributed by atoms with Gasteiger partial charge in [0, 0.05) is 37.3 Å². The maximum atomic E-state index is 12.8. The molecule has 2 aliphatic heterocycles. The first-order valence-electron chi connectivity index (χ1n) is 10.5. The Morgan fingerprint density at radius 1 is 1.06 bits per heavy atom. The van der Waals surface area contributed by atoms with E-state index in [2.05, 4.69) is 22.4 Å². The summed E-state index contributed by atoms with van der Waals surface area (Å²) in [5, 5.41) is 20.2. The Morgan fingerprint density at radius 3 is 2.38 bits per heavy atom. The van der Waals surface area contributed by atoms with Gasteiger partial charge < -0.3 is 20.4 Å². The Bertz CT molecular complexity index is 856. The molecule has 1 amide bonds. The van der Waals surface area contributed by atoms with E-state index in [1.807, 2.05) is 6.07 Å². The van der Waals surface area contributed by atoms with Crippen LogP contribution in [0.1, 0.15) is 37.7 Å². The van der Waals surface area contributed by atoms with Crippen molar-refractivity contribution in [1.82, 2.24) is 10.2 Å². The van der Waals surface area contributed by atoms with E-state index in [9.17, 15) is 14.4 Å². The van der Waals surface area contributed by atoms with Crippen LogP contribution < -0.4 is 5.32 Å². The van der Waals surface area contributed by atoms with Crippen molar-refractivity contribution in [3.63, 3.8) is 0 Å². The molecule has 1 aromatic carbocycles. The van der Waals surface area contributed by atoms with Crippen molar-refractivity contribution < 1.29 is 24.6 Å². The minimum atomic E-state index is -1.26. The lowest BCUT2D eigenvalue weighted by molar-refractivity contribution is -0.134. The number of carbonyl (C=O) groups is 3. The van der Waals surface area contributed by atoms with Crippen LogP contribution in [0.2, 0.25) is 10.0 Å². The highest BCUT2D eigenvalue weighted by Crippen LogP contribution is 2.26. The summed E-state index contributed by atoms with van der Waals surface area (Å²) in [4.78, 5) is 34.0. The quantitative estimate of drug-likeness (QED) is 0.418. The molecule has 1 aromatic rings. The first kappa shape index (κ1) is 25.9. The molecule has 32 heavy (non-hydrogen) atoms. The number of carboxylic acids is 2. The van der Waals surface area contributed by atoms with Gasteiger partial charge in [-0.3, -0.25) is 4.79 Å². The molecule has 0 saturated carbocycles. The number of amides is 1. The number of carboxylic acid groups (broad SMARTS) is 2. The molecule has 2 aliphatic rings. The molecule has 1 fully saturated rings. The van der Waals surface area contributed by atoms with Crippen LogP contribution in [0.5, 0.6) is 0 Å². The molecule has 0 aliphatic carbocycles. The van der Waals surface area contributed by atoms with Crippen LogP contribution in [0.3, 0.4) is 0 Å². The molecule has 3 N–H and O–H groups in total. The van der Waals surface area contributed by atoms with Crippen LogP contribution in [0, 0.1) is 0 Å². The predicted molar refractivity (Wildman–Crippen MR) is 124 cm³/mol. The van der Waals surface area contributed by atoms with Crippen LogP contribution in [-0.2, 0) is 20.8 Å². The van der Waals surface area contributed by atoms with Crippen LogP contribution in [-0.4, -0.2) is 58.1 Å². The third-order valence-electron chi connectivity index (χ3n) is 5.32. The lowest BCUT2D eigenvalue weighted by Crippen LogP contribution is -2.48. The maximum Gasteiger partial charge on any atom is 0.328 e. The molecule has 0 bridgehead atoms. The number of nitrogens with zero attached hydrogens (tertiary/aromatic N) is 1. The molecular formula is C23H28Cl2N2O5. The van der Waals surface area contributed by atoms with Gasteiger partial charge in [-0.25, -0.2) is 9.59 Å². The Labute approximate surface area is 197 Å². The van der Waals surface area contributed by atoms with Crippen LogP contribution >= 0.6 is 23.2 Å². The fraction of sp³-hybridized carbons (Fsp3) is 0.435. The van der Waals surface area contributed by atoms with E-state index < -0.39 is 11.9 Å². The summed E-state index contributed by atoms with van der Waals surface area (Å²) >= 11 is 12.0. The monoisotopic (exact) mass is 482 g/mol. The zero-order valence-corrected chi connectivity index (χ0v) is 19.2. The molecule has 7 nitrogen and oxygen atoms in total. The number of piperidine rings is 1. The number of aliphatic carboxylic acids is 2. The highest BCUT2D eigenvalue weighted by Gasteiger charge is 2.28. The SMILES string of the molecule is O=C(Cc1ccc(Cl)c(Cl)c1)N1CCCCC1CC1CC=CCN1.O=C(O)/C=C/C(=O)O. The number of carbonyl (C=O) groups excluding carboxylic acids is 1. The number of hydrogen-bond acceptors (Lipinski definition) is 4. The average Bonchev–Trinajstić information content (AvgIpc) is 2.76. The third-order valence-corrected chi connectivity index (χ3v) is 6.06. The zero-order valence-electron chi connectivity index (χ0n) is 17.7. The molecule has 9 heteroatoms. The number of nitrogens with one attached hydrogen (secondary N) is 1. The summed E-state index contributed by atoms with van der Waals surface area (Å²) in [6.07, 6.45) is 11.4. The van der Waals surface area contributed by atoms with Gasteiger partial charge in [-0.15, -0.1) is 0 Å². The number of likely N-dealkylation sites (tertiary alicyclic amines) is 1. The molecular weight excluding hydrogens is 455 g/mol. The van der Waals surface area contributed by atoms with Gasteiger partial charge >= 0.3 is 11.9 Å². The number of rotatable bonds is 6. The van der Waals surface area contributed by atoms with E-state index in [1.165, 1.54) is 6.42 Å². The third kappa shape index (κ3) is 9.02. The van der Waals surface area contributed by atoms with Crippen LogP contribution in [0.15, 0.2) is 42.5 Å². The van der Waals surface area contributed by atoms with E-state index in [0.717, 1.165) is 44.3 Å². The lowest BCUT2D eigenvalue weighted by atomic mass is 9.93. The van der Waals surface area contributed by atoms with Crippen molar-refractivity contribution >= 4 is 41.0 Å². The van der Waals surface area contributed by atoms with Crippen molar-refractivity contribution in [1.29, 1.82) is 0 Å². The molecule has 3 rings (SSSR count). The normalized spacial score (nSPS) is 20.5. The number of halogens is 2. The largest absolute Gasteiger partial charge is 0.478 e. The summed E-state index contributed by atoms with van der Waals surface area (Å²) in [5.74, 6) is -2.32. The summed E-state index contributed by atoms with van der Waals surface area (Å²) in [7, 11) is 0. The van der Waals surface area contributed by atoms with E-state index in [0.29, 0.717) is 40.7 Å². The van der Waals surface area contributed by atoms with Crippen molar-refractivity contribution in [2.45, 2.75) is 50.6 Å². The second-order valence-electron chi connectivity index (χ2n) is 7.72. The van der Waals surface area contributed by atoms with Crippen molar-refractivity contribution in [2.24, 2.45) is 0 Å². The first-order chi connectivity index (χ1) is 15.3. The molecule has 0 aromatic heterocycles. The molecule has 2 atom stereocenters. The molecule has 2 heterocycles.